The normalized spacial score (nSPS) is 11.2. The van der Waals surface area contributed by atoms with Gasteiger partial charge in [0.15, 0.2) is 0 Å². The third-order valence-corrected chi connectivity index (χ3v) is 4.07. The van der Waals surface area contributed by atoms with Crippen LogP contribution < -0.4 is 5.32 Å². The Kier molecular flexibility index (Phi) is 5.06. The lowest BCUT2D eigenvalue weighted by molar-refractivity contribution is 0.0973. The molecule has 1 amide bonds. The molecule has 0 atom stereocenters. The second-order valence-corrected chi connectivity index (χ2v) is 6.07. The fourth-order valence-electron chi connectivity index (χ4n) is 2.68. The van der Waals surface area contributed by atoms with E-state index >= 15 is 0 Å². The summed E-state index contributed by atoms with van der Waals surface area (Å²) in [6, 6.07) is 28.1. The number of rotatable bonds is 5. The van der Waals surface area contributed by atoms with Crippen molar-refractivity contribution in [1.82, 2.24) is 15.5 Å². The van der Waals surface area contributed by atoms with E-state index in [2.05, 4.69) is 15.5 Å². The Labute approximate surface area is 162 Å². The lowest BCUT2D eigenvalue weighted by Gasteiger charge is -2.07. The molecule has 0 saturated carbocycles. The zero-order valence-corrected chi connectivity index (χ0v) is 14.9. The molecule has 5 heteroatoms. The highest BCUT2D eigenvalue weighted by molar-refractivity contribution is 6.01. The highest BCUT2D eigenvalue weighted by atomic mass is 16.4. The van der Waals surface area contributed by atoms with Gasteiger partial charge in [0.25, 0.3) is 11.8 Å². The quantitative estimate of drug-likeness (QED) is 0.557. The van der Waals surface area contributed by atoms with Crippen molar-refractivity contribution in [3.63, 3.8) is 0 Å². The molecule has 5 nitrogen and oxygen atoms in total. The molecule has 0 radical (unpaired) electrons. The maximum atomic E-state index is 12.7. The Morgan fingerprint density at radius 1 is 0.786 bits per heavy atom. The van der Waals surface area contributed by atoms with Gasteiger partial charge < -0.3 is 9.73 Å². The van der Waals surface area contributed by atoms with Gasteiger partial charge in [-0.2, -0.15) is 0 Å². The monoisotopic (exact) mass is 367 g/mol. The molecule has 4 aromatic rings. The zero-order valence-electron chi connectivity index (χ0n) is 14.9. The van der Waals surface area contributed by atoms with Crippen LogP contribution in [-0.4, -0.2) is 16.1 Å². The Balaban J connectivity index is 1.69. The Bertz CT molecular complexity index is 1090. The lowest BCUT2D eigenvalue weighted by Crippen LogP contribution is -2.22. The predicted octanol–water partition coefficient (Wildman–Crippen LogP) is 4.66. The van der Waals surface area contributed by atoms with Crippen LogP contribution in [0.25, 0.3) is 23.2 Å². The molecule has 1 N–H and O–H groups in total. The van der Waals surface area contributed by atoms with Crippen LogP contribution in [0.15, 0.2) is 95.4 Å². The van der Waals surface area contributed by atoms with Gasteiger partial charge in [0, 0.05) is 11.1 Å². The molecule has 0 aliphatic carbocycles. The van der Waals surface area contributed by atoms with E-state index in [1.807, 2.05) is 84.9 Å². The number of carbonyl (C=O) groups excluding carboxylic acids is 1. The van der Waals surface area contributed by atoms with Crippen LogP contribution in [0.4, 0.5) is 0 Å². The summed E-state index contributed by atoms with van der Waals surface area (Å²) in [4.78, 5) is 12.7. The van der Waals surface area contributed by atoms with Gasteiger partial charge in [-0.3, -0.25) is 4.79 Å². The van der Waals surface area contributed by atoms with Crippen LogP contribution >= 0.6 is 0 Å². The van der Waals surface area contributed by atoms with Crippen LogP contribution in [0, 0.1) is 0 Å². The molecule has 0 aliphatic heterocycles. The first-order valence-corrected chi connectivity index (χ1v) is 8.82. The van der Waals surface area contributed by atoms with Crippen molar-refractivity contribution >= 4 is 17.7 Å². The van der Waals surface area contributed by atoms with Crippen LogP contribution in [0.1, 0.15) is 21.8 Å². The smallest absolute Gasteiger partial charge is 0.264 e. The van der Waals surface area contributed by atoms with Gasteiger partial charge in [0.2, 0.25) is 5.89 Å². The largest absolute Gasteiger partial charge is 0.415 e. The summed E-state index contributed by atoms with van der Waals surface area (Å²) in [5.41, 5.74) is 2.71. The first kappa shape index (κ1) is 17.4. The summed E-state index contributed by atoms with van der Waals surface area (Å²) in [6.07, 6.45) is 1.81. The zero-order chi connectivity index (χ0) is 19.2. The van der Waals surface area contributed by atoms with Gasteiger partial charge in [-0.05, 0) is 35.9 Å². The number of hydrogen-bond donors (Lipinski definition) is 1. The van der Waals surface area contributed by atoms with E-state index in [9.17, 15) is 4.79 Å². The van der Waals surface area contributed by atoms with Gasteiger partial charge >= 0.3 is 0 Å². The van der Waals surface area contributed by atoms with Crippen molar-refractivity contribution in [2.75, 3.05) is 0 Å². The first-order chi connectivity index (χ1) is 13.8. The molecule has 0 unspecified atom stereocenters. The average molecular weight is 367 g/mol. The van der Waals surface area contributed by atoms with Gasteiger partial charge in [0.1, 0.15) is 5.70 Å². The van der Waals surface area contributed by atoms with Gasteiger partial charge in [-0.15, -0.1) is 10.2 Å². The Morgan fingerprint density at radius 2 is 1.39 bits per heavy atom. The van der Waals surface area contributed by atoms with E-state index in [0.717, 1.165) is 11.1 Å². The molecule has 0 fully saturated rings. The minimum Gasteiger partial charge on any atom is -0.415 e. The summed E-state index contributed by atoms with van der Waals surface area (Å²) in [7, 11) is 0. The molecule has 0 bridgehead atoms. The first-order valence-electron chi connectivity index (χ1n) is 8.82. The minimum absolute atomic E-state index is 0.243. The van der Waals surface area contributed by atoms with Crippen LogP contribution in [0.3, 0.4) is 0 Å². The summed E-state index contributed by atoms with van der Waals surface area (Å²) in [5, 5.41) is 11.1. The summed E-state index contributed by atoms with van der Waals surface area (Å²) >= 11 is 0. The molecule has 4 rings (SSSR count). The Morgan fingerprint density at radius 3 is 2.07 bits per heavy atom. The highest BCUT2D eigenvalue weighted by Crippen LogP contribution is 2.21. The maximum absolute atomic E-state index is 12.7. The van der Waals surface area contributed by atoms with E-state index in [1.165, 1.54) is 0 Å². The molecule has 1 heterocycles. The summed E-state index contributed by atoms with van der Waals surface area (Å²) in [5.74, 6) is 0.387. The number of hydrogen-bond acceptors (Lipinski definition) is 4. The minimum atomic E-state index is -0.248. The van der Waals surface area contributed by atoms with E-state index < -0.39 is 0 Å². The molecule has 136 valence electrons. The average Bonchev–Trinajstić information content (AvgIpc) is 3.25. The van der Waals surface area contributed by atoms with Crippen molar-refractivity contribution in [2.45, 2.75) is 0 Å². The van der Waals surface area contributed by atoms with E-state index in [4.69, 9.17) is 4.42 Å². The third-order valence-electron chi connectivity index (χ3n) is 4.07. The van der Waals surface area contributed by atoms with E-state index in [0.29, 0.717) is 17.2 Å². The van der Waals surface area contributed by atoms with Crippen molar-refractivity contribution in [3.8, 4) is 11.5 Å². The summed E-state index contributed by atoms with van der Waals surface area (Å²) < 4.78 is 5.84. The molecular weight excluding hydrogens is 350 g/mol. The number of carbonyl (C=O) groups is 1. The fourth-order valence-corrected chi connectivity index (χ4v) is 2.68. The number of amides is 1. The van der Waals surface area contributed by atoms with E-state index in [1.54, 1.807) is 12.1 Å². The number of aromatic nitrogens is 2. The predicted molar refractivity (Wildman–Crippen MR) is 108 cm³/mol. The standard InChI is InChI=1S/C23H17N3O2/c27-21(18-12-6-2-7-13-18)24-20(16-17-10-4-1-5-11-17)23-26-25-22(28-23)19-14-8-3-9-15-19/h1-16H,(H,24,27)/b20-16-. The topological polar surface area (TPSA) is 68.0 Å². The maximum Gasteiger partial charge on any atom is 0.264 e. The fraction of sp³-hybridized carbons (Fsp3) is 0. The molecule has 1 aromatic heterocycles. The summed E-state index contributed by atoms with van der Waals surface area (Å²) in [6.45, 7) is 0. The van der Waals surface area contributed by atoms with Crippen LogP contribution in [0.2, 0.25) is 0 Å². The molecular formula is C23H17N3O2. The van der Waals surface area contributed by atoms with Crippen LogP contribution in [-0.2, 0) is 0 Å². The van der Waals surface area contributed by atoms with Gasteiger partial charge in [0.05, 0.1) is 0 Å². The molecule has 28 heavy (non-hydrogen) atoms. The second kappa shape index (κ2) is 8.14. The number of nitrogens with one attached hydrogen (secondary N) is 1. The molecule has 0 aliphatic rings. The van der Waals surface area contributed by atoms with Crippen LogP contribution in [0.5, 0.6) is 0 Å². The third kappa shape index (κ3) is 4.04. The molecule has 3 aromatic carbocycles. The lowest BCUT2D eigenvalue weighted by atomic mass is 10.1. The van der Waals surface area contributed by atoms with Crippen molar-refractivity contribution in [3.05, 3.63) is 108 Å². The van der Waals surface area contributed by atoms with Crippen molar-refractivity contribution < 1.29 is 9.21 Å². The van der Waals surface area contributed by atoms with Gasteiger partial charge in [-0.1, -0.05) is 66.7 Å². The number of nitrogens with zero attached hydrogens (tertiary/aromatic N) is 2. The molecule has 0 saturated heterocycles. The number of benzene rings is 3. The Hall–Kier alpha value is -3.99. The molecule has 0 spiro atoms. The SMILES string of the molecule is O=C(N/C(=C\c1ccccc1)c1nnc(-c2ccccc2)o1)c1ccccc1. The van der Waals surface area contributed by atoms with Gasteiger partial charge in [-0.25, -0.2) is 0 Å². The highest BCUT2D eigenvalue weighted by Gasteiger charge is 2.16. The van der Waals surface area contributed by atoms with Crippen molar-refractivity contribution in [1.29, 1.82) is 0 Å². The van der Waals surface area contributed by atoms with Crippen molar-refractivity contribution in [2.24, 2.45) is 0 Å². The van der Waals surface area contributed by atoms with E-state index in [-0.39, 0.29) is 11.8 Å². The second-order valence-electron chi connectivity index (χ2n) is 6.07.